The van der Waals surface area contributed by atoms with Crippen LogP contribution in [0.15, 0.2) is 34.9 Å². The predicted molar refractivity (Wildman–Crippen MR) is 71.1 cm³/mol. The van der Waals surface area contributed by atoms with Crippen molar-refractivity contribution in [2.24, 2.45) is 0 Å². The third-order valence-corrected chi connectivity index (χ3v) is 2.81. The number of aryl methyl sites for hydroxylation is 1. The number of carbonyl (C=O) groups excluding carboxylic acids is 1. The highest BCUT2D eigenvalue weighted by Crippen LogP contribution is 2.23. The summed E-state index contributed by atoms with van der Waals surface area (Å²) in [7, 11) is 1.29. The highest BCUT2D eigenvalue weighted by Gasteiger charge is 2.11. The SMILES string of the molecule is COC(=O)c1nccc(-c2ccc3oc(C)nc3c2)n1. The van der Waals surface area contributed by atoms with E-state index in [1.54, 1.807) is 13.0 Å². The summed E-state index contributed by atoms with van der Waals surface area (Å²) in [6.07, 6.45) is 1.52. The number of fused-ring (bicyclic) bond motifs is 1. The van der Waals surface area contributed by atoms with Gasteiger partial charge in [-0.2, -0.15) is 0 Å². The molecule has 0 amide bonds. The van der Waals surface area contributed by atoms with Crippen molar-refractivity contribution in [1.29, 1.82) is 0 Å². The summed E-state index contributed by atoms with van der Waals surface area (Å²) >= 11 is 0. The van der Waals surface area contributed by atoms with E-state index in [4.69, 9.17) is 4.42 Å². The van der Waals surface area contributed by atoms with Crippen LogP contribution in [0.1, 0.15) is 16.5 Å². The van der Waals surface area contributed by atoms with Crippen molar-refractivity contribution in [2.45, 2.75) is 6.92 Å². The Labute approximate surface area is 114 Å². The van der Waals surface area contributed by atoms with Crippen LogP contribution >= 0.6 is 0 Å². The second-order valence-corrected chi connectivity index (χ2v) is 4.17. The Morgan fingerprint density at radius 3 is 2.90 bits per heavy atom. The molecule has 0 atom stereocenters. The molecule has 3 rings (SSSR count). The molecule has 0 N–H and O–H groups in total. The lowest BCUT2D eigenvalue weighted by Crippen LogP contribution is -2.07. The van der Waals surface area contributed by atoms with Gasteiger partial charge in [-0.15, -0.1) is 0 Å². The third-order valence-electron chi connectivity index (χ3n) is 2.81. The van der Waals surface area contributed by atoms with Crippen LogP contribution in [0, 0.1) is 6.92 Å². The van der Waals surface area contributed by atoms with Crippen LogP contribution in [0.4, 0.5) is 0 Å². The zero-order valence-electron chi connectivity index (χ0n) is 11.0. The fraction of sp³-hybridized carbons (Fsp3) is 0.143. The first kappa shape index (κ1) is 12.3. The van der Waals surface area contributed by atoms with E-state index < -0.39 is 5.97 Å². The molecule has 2 heterocycles. The zero-order valence-corrected chi connectivity index (χ0v) is 11.0. The molecule has 6 heteroatoms. The Kier molecular flexibility index (Phi) is 2.90. The van der Waals surface area contributed by atoms with E-state index in [1.165, 1.54) is 13.3 Å². The van der Waals surface area contributed by atoms with E-state index in [9.17, 15) is 4.79 Å². The molecule has 3 aromatic rings. The van der Waals surface area contributed by atoms with Gasteiger partial charge in [0.05, 0.1) is 12.8 Å². The summed E-state index contributed by atoms with van der Waals surface area (Å²) in [6, 6.07) is 7.26. The first-order valence-corrected chi connectivity index (χ1v) is 5.96. The fourth-order valence-electron chi connectivity index (χ4n) is 1.91. The lowest BCUT2D eigenvalue weighted by atomic mass is 10.1. The summed E-state index contributed by atoms with van der Waals surface area (Å²) in [5, 5.41) is 0. The number of nitrogens with zero attached hydrogens (tertiary/aromatic N) is 3. The molecule has 0 radical (unpaired) electrons. The summed E-state index contributed by atoms with van der Waals surface area (Å²) in [6.45, 7) is 1.79. The number of hydrogen-bond acceptors (Lipinski definition) is 6. The van der Waals surface area contributed by atoms with Crippen LogP contribution in [-0.4, -0.2) is 28.0 Å². The topological polar surface area (TPSA) is 78.1 Å². The van der Waals surface area contributed by atoms with Gasteiger partial charge in [0.1, 0.15) is 5.52 Å². The average Bonchev–Trinajstić information content (AvgIpc) is 2.85. The summed E-state index contributed by atoms with van der Waals surface area (Å²) in [4.78, 5) is 23.8. The fourth-order valence-corrected chi connectivity index (χ4v) is 1.91. The van der Waals surface area contributed by atoms with Crippen molar-refractivity contribution in [3.63, 3.8) is 0 Å². The first-order chi connectivity index (χ1) is 9.67. The molecule has 0 bridgehead atoms. The van der Waals surface area contributed by atoms with Gasteiger partial charge in [-0.05, 0) is 24.3 Å². The van der Waals surface area contributed by atoms with Gasteiger partial charge in [0.2, 0.25) is 5.82 Å². The Morgan fingerprint density at radius 2 is 2.10 bits per heavy atom. The van der Waals surface area contributed by atoms with Crippen molar-refractivity contribution in [3.05, 3.63) is 42.2 Å². The van der Waals surface area contributed by atoms with Gasteiger partial charge in [0, 0.05) is 18.7 Å². The minimum atomic E-state index is -0.565. The molecule has 100 valence electrons. The minimum Gasteiger partial charge on any atom is -0.463 e. The van der Waals surface area contributed by atoms with Crippen LogP contribution in [0.5, 0.6) is 0 Å². The lowest BCUT2D eigenvalue weighted by molar-refractivity contribution is 0.0587. The number of methoxy groups -OCH3 is 1. The Morgan fingerprint density at radius 1 is 1.25 bits per heavy atom. The van der Waals surface area contributed by atoms with E-state index in [0.29, 0.717) is 17.2 Å². The maximum atomic E-state index is 11.4. The van der Waals surface area contributed by atoms with Gasteiger partial charge in [-0.3, -0.25) is 0 Å². The van der Waals surface area contributed by atoms with E-state index in [2.05, 4.69) is 19.7 Å². The molecule has 2 aromatic heterocycles. The van der Waals surface area contributed by atoms with Crippen LogP contribution in [0.2, 0.25) is 0 Å². The monoisotopic (exact) mass is 269 g/mol. The Hall–Kier alpha value is -2.76. The highest BCUT2D eigenvalue weighted by molar-refractivity contribution is 5.86. The Bertz CT molecular complexity index is 795. The van der Waals surface area contributed by atoms with E-state index in [0.717, 1.165) is 11.1 Å². The second-order valence-electron chi connectivity index (χ2n) is 4.17. The quantitative estimate of drug-likeness (QED) is 0.665. The number of ether oxygens (including phenoxy) is 1. The zero-order chi connectivity index (χ0) is 14.1. The van der Waals surface area contributed by atoms with Crippen LogP contribution in [-0.2, 0) is 4.74 Å². The first-order valence-electron chi connectivity index (χ1n) is 5.96. The van der Waals surface area contributed by atoms with E-state index >= 15 is 0 Å². The molecule has 6 nitrogen and oxygen atoms in total. The van der Waals surface area contributed by atoms with Crippen molar-refractivity contribution < 1.29 is 13.9 Å². The molecule has 0 saturated heterocycles. The molecule has 0 saturated carbocycles. The largest absolute Gasteiger partial charge is 0.463 e. The molecule has 0 spiro atoms. The summed E-state index contributed by atoms with van der Waals surface area (Å²) < 4.78 is 10.0. The molecule has 0 unspecified atom stereocenters. The number of hydrogen-bond donors (Lipinski definition) is 0. The van der Waals surface area contributed by atoms with Gasteiger partial charge in [0.25, 0.3) is 0 Å². The second kappa shape index (κ2) is 4.73. The van der Waals surface area contributed by atoms with Gasteiger partial charge in [-0.1, -0.05) is 0 Å². The molecular formula is C14H11N3O3. The molecule has 1 aromatic carbocycles. The van der Waals surface area contributed by atoms with Crippen molar-refractivity contribution in [3.8, 4) is 11.3 Å². The van der Waals surface area contributed by atoms with Gasteiger partial charge in [0.15, 0.2) is 11.5 Å². The number of aromatic nitrogens is 3. The normalized spacial score (nSPS) is 10.7. The lowest BCUT2D eigenvalue weighted by Gasteiger charge is -2.02. The van der Waals surface area contributed by atoms with Gasteiger partial charge in [-0.25, -0.2) is 19.7 Å². The van der Waals surface area contributed by atoms with Crippen LogP contribution in [0.3, 0.4) is 0 Å². The number of oxazole rings is 1. The molecule has 20 heavy (non-hydrogen) atoms. The summed E-state index contributed by atoms with van der Waals surface area (Å²) in [5.74, 6) is 0.0710. The number of carbonyl (C=O) groups is 1. The average molecular weight is 269 g/mol. The maximum Gasteiger partial charge on any atom is 0.376 e. The highest BCUT2D eigenvalue weighted by atomic mass is 16.5. The third kappa shape index (κ3) is 2.11. The smallest absolute Gasteiger partial charge is 0.376 e. The van der Waals surface area contributed by atoms with Crippen LogP contribution in [0.25, 0.3) is 22.4 Å². The summed E-state index contributed by atoms with van der Waals surface area (Å²) in [5.41, 5.74) is 2.92. The van der Waals surface area contributed by atoms with Gasteiger partial charge >= 0.3 is 5.97 Å². The maximum absolute atomic E-state index is 11.4. The predicted octanol–water partition coefficient (Wildman–Crippen LogP) is 2.38. The molecule has 0 aliphatic heterocycles. The molecule has 0 aliphatic carbocycles. The number of benzene rings is 1. The minimum absolute atomic E-state index is 0.0291. The number of rotatable bonds is 2. The van der Waals surface area contributed by atoms with E-state index in [-0.39, 0.29) is 5.82 Å². The number of esters is 1. The standard InChI is InChI=1S/C14H11N3O3/c1-8-16-11-7-9(3-4-12(11)20-8)10-5-6-15-13(17-10)14(18)19-2/h3-7H,1-2H3. The molecule has 0 aliphatic rings. The Balaban J connectivity index is 2.08. The molecule has 0 fully saturated rings. The van der Waals surface area contributed by atoms with Crippen molar-refractivity contribution >= 4 is 17.1 Å². The molecular weight excluding hydrogens is 258 g/mol. The van der Waals surface area contributed by atoms with Crippen molar-refractivity contribution in [1.82, 2.24) is 15.0 Å². The van der Waals surface area contributed by atoms with Gasteiger partial charge < -0.3 is 9.15 Å². The van der Waals surface area contributed by atoms with Crippen LogP contribution < -0.4 is 0 Å². The van der Waals surface area contributed by atoms with E-state index in [1.807, 2.05) is 18.2 Å². The van der Waals surface area contributed by atoms with Crippen molar-refractivity contribution in [2.75, 3.05) is 7.11 Å².